The van der Waals surface area contributed by atoms with Gasteiger partial charge >= 0.3 is 12.1 Å². The maximum Gasteiger partial charge on any atom is 0.435 e. The second-order valence-electron chi connectivity index (χ2n) is 3.59. The molecule has 0 aromatic carbocycles. The Morgan fingerprint density at radius 3 is 2.50 bits per heavy atom. The molecule has 0 saturated heterocycles. The van der Waals surface area contributed by atoms with Gasteiger partial charge in [-0.05, 0) is 6.42 Å². The predicted molar refractivity (Wildman–Crippen MR) is 53.6 cm³/mol. The van der Waals surface area contributed by atoms with Crippen LogP contribution in [0.25, 0.3) is 0 Å². The zero-order chi connectivity index (χ0) is 12.3. The number of aromatic nitrogens is 2. The second-order valence-corrected chi connectivity index (χ2v) is 5.10. The van der Waals surface area contributed by atoms with Gasteiger partial charge in [0.25, 0.3) is 0 Å². The number of hydrogen-bond acceptors (Lipinski definition) is 1. The van der Waals surface area contributed by atoms with Crippen LogP contribution in [0.3, 0.4) is 0 Å². The van der Waals surface area contributed by atoms with E-state index in [1.807, 2.05) is 0 Å². The third-order valence-corrected chi connectivity index (χ3v) is 3.73. The quantitative estimate of drug-likeness (QED) is 0.399. The van der Waals surface area contributed by atoms with Crippen LogP contribution in [0.1, 0.15) is 17.0 Å². The lowest BCUT2D eigenvalue weighted by Gasteiger charge is -2.14. The van der Waals surface area contributed by atoms with Gasteiger partial charge in [0, 0.05) is 12.6 Å². The molecular weight excluding hydrogens is 346 g/mol. The third kappa shape index (κ3) is 1.52. The van der Waals surface area contributed by atoms with Gasteiger partial charge < -0.3 is 0 Å². The second kappa shape index (κ2) is 3.30. The highest BCUT2D eigenvalue weighted by Crippen LogP contribution is 2.49. The topological polar surface area (TPSA) is 17.8 Å². The van der Waals surface area contributed by atoms with Crippen molar-refractivity contribution >= 4 is 22.6 Å². The Morgan fingerprint density at radius 1 is 1.44 bits per heavy atom. The first kappa shape index (κ1) is 12.1. The number of nitrogens with zero attached hydrogens (tertiary/aromatic N) is 2. The molecule has 1 heterocycles. The van der Waals surface area contributed by atoms with Gasteiger partial charge in [0.2, 0.25) is 0 Å². The summed E-state index contributed by atoms with van der Waals surface area (Å²) in [6, 6.07) is 0. The van der Waals surface area contributed by atoms with E-state index >= 15 is 0 Å². The molecule has 16 heavy (non-hydrogen) atoms. The molecule has 0 amide bonds. The molecule has 0 spiro atoms. The molecule has 1 aromatic rings. The van der Waals surface area contributed by atoms with Gasteiger partial charge in [-0.3, -0.25) is 4.68 Å². The van der Waals surface area contributed by atoms with Gasteiger partial charge in [-0.15, -0.1) is 0 Å². The van der Waals surface area contributed by atoms with E-state index in [2.05, 4.69) is 5.10 Å². The summed E-state index contributed by atoms with van der Waals surface area (Å²) in [7, 11) is 1.11. The number of halogens is 6. The minimum atomic E-state index is -4.68. The van der Waals surface area contributed by atoms with Gasteiger partial charge in [0.05, 0.1) is 3.92 Å². The Bertz CT molecular complexity index is 436. The number of aryl methyl sites for hydroxylation is 1. The molecule has 0 saturated carbocycles. The summed E-state index contributed by atoms with van der Waals surface area (Å²) >= 11 is 1.47. The van der Waals surface area contributed by atoms with E-state index in [1.54, 1.807) is 0 Å². The minimum absolute atomic E-state index is 0.300. The Balaban J connectivity index is 2.64. The lowest BCUT2D eigenvalue weighted by atomic mass is 10.2. The first-order valence-corrected chi connectivity index (χ1v) is 5.55. The summed E-state index contributed by atoms with van der Waals surface area (Å²) < 4.78 is 64.1. The summed E-state index contributed by atoms with van der Waals surface area (Å²) in [5, 5.41) is 3.14. The minimum Gasteiger partial charge on any atom is -0.266 e. The lowest BCUT2D eigenvalue weighted by molar-refractivity contribution is -0.142. The van der Waals surface area contributed by atoms with Crippen molar-refractivity contribution in [3.05, 3.63) is 17.0 Å². The highest BCUT2D eigenvalue weighted by atomic mass is 127. The Morgan fingerprint density at radius 2 is 2.00 bits per heavy atom. The number of fused-ring (bicyclic) bond motifs is 1. The standard InChI is InChI=1S/C8H6F5IN2/c1-16-6-3(2-4(14)7(6,9)10)5(15-16)8(11,12)13/h4H,2H2,1H3/t4-/m1/s1. The van der Waals surface area contributed by atoms with E-state index < -0.39 is 27.4 Å². The lowest BCUT2D eigenvalue weighted by Crippen LogP contribution is -2.24. The summed E-state index contributed by atoms with van der Waals surface area (Å²) in [5.74, 6) is -3.25. The molecule has 0 unspecified atom stereocenters. The van der Waals surface area contributed by atoms with E-state index in [9.17, 15) is 22.0 Å². The third-order valence-electron chi connectivity index (χ3n) is 2.51. The van der Waals surface area contributed by atoms with E-state index in [1.165, 1.54) is 22.6 Å². The van der Waals surface area contributed by atoms with E-state index in [0.29, 0.717) is 4.68 Å². The maximum atomic E-state index is 13.6. The van der Waals surface area contributed by atoms with Gasteiger partial charge in [0.15, 0.2) is 5.69 Å². The molecular formula is C8H6F5IN2. The van der Waals surface area contributed by atoms with Crippen LogP contribution >= 0.6 is 22.6 Å². The molecule has 90 valence electrons. The van der Waals surface area contributed by atoms with E-state index in [4.69, 9.17) is 0 Å². The van der Waals surface area contributed by atoms with Crippen molar-refractivity contribution in [3.8, 4) is 0 Å². The molecule has 1 atom stereocenters. The van der Waals surface area contributed by atoms with Crippen molar-refractivity contribution in [2.45, 2.75) is 22.4 Å². The van der Waals surface area contributed by atoms with Crippen LogP contribution in [0.2, 0.25) is 0 Å². The van der Waals surface area contributed by atoms with Crippen molar-refractivity contribution < 1.29 is 22.0 Å². The Labute approximate surface area is 101 Å². The average Bonchev–Trinajstić information content (AvgIpc) is 2.51. The van der Waals surface area contributed by atoms with Gasteiger partial charge in [-0.1, -0.05) is 22.6 Å². The Kier molecular flexibility index (Phi) is 2.48. The smallest absolute Gasteiger partial charge is 0.266 e. The van der Waals surface area contributed by atoms with Gasteiger partial charge in [-0.25, -0.2) is 0 Å². The maximum absolute atomic E-state index is 13.6. The van der Waals surface area contributed by atoms with Gasteiger partial charge in [0.1, 0.15) is 5.69 Å². The molecule has 1 aromatic heterocycles. The summed E-state index contributed by atoms with van der Waals surface area (Å²) in [4.78, 5) is 0. The number of rotatable bonds is 0. The molecule has 1 aliphatic carbocycles. The van der Waals surface area contributed by atoms with Crippen LogP contribution in [-0.2, 0) is 25.6 Å². The Hall–Kier alpha value is -0.410. The van der Waals surface area contributed by atoms with Crippen LogP contribution in [-0.4, -0.2) is 13.7 Å². The van der Waals surface area contributed by atoms with Crippen molar-refractivity contribution in [3.63, 3.8) is 0 Å². The van der Waals surface area contributed by atoms with Crippen LogP contribution in [0, 0.1) is 0 Å². The van der Waals surface area contributed by atoms with Crippen LogP contribution in [0.5, 0.6) is 0 Å². The fraction of sp³-hybridized carbons (Fsp3) is 0.625. The molecule has 0 aliphatic heterocycles. The van der Waals surface area contributed by atoms with Crippen LogP contribution in [0.15, 0.2) is 0 Å². The fourth-order valence-electron chi connectivity index (χ4n) is 1.86. The van der Waals surface area contributed by atoms with E-state index in [-0.39, 0.29) is 12.0 Å². The van der Waals surface area contributed by atoms with Crippen LogP contribution in [0.4, 0.5) is 22.0 Å². The van der Waals surface area contributed by atoms with Crippen LogP contribution < -0.4 is 0 Å². The summed E-state index contributed by atoms with van der Waals surface area (Å²) in [6.45, 7) is 0. The SMILES string of the molecule is Cn1nc(C(F)(F)F)c2c1C(F)(F)[C@H](I)C2. The van der Waals surface area contributed by atoms with Crippen molar-refractivity contribution in [1.29, 1.82) is 0 Å². The van der Waals surface area contributed by atoms with E-state index in [0.717, 1.165) is 7.05 Å². The molecule has 2 rings (SSSR count). The normalized spacial score (nSPS) is 23.6. The average molecular weight is 352 g/mol. The van der Waals surface area contributed by atoms with Crippen molar-refractivity contribution in [2.24, 2.45) is 7.05 Å². The van der Waals surface area contributed by atoms with Gasteiger partial charge in [-0.2, -0.15) is 27.1 Å². The molecule has 0 fully saturated rings. The number of alkyl halides is 6. The predicted octanol–water partition coefficient (Wildman–Crippen LogP) is 2.89. The zero-order valence-electron chi connectivity index (χ0n) is 7.95. The molecule has 1 aliphatic rings. The van der Waals surface area contributed by atoms with Crippen molar-refractivity contribution in [1.82, 2.24) is 9.78 Å². The largest absolute Gasteiger partial charge is 0.435 e. The summed E-state index contributed by atoms with van der Waals surface area (Å²) in [5.41, 5.74) is -2.18. The molecule has 2 nitrogen and oxygen atoms in total. The molecule has 0 bridgehead atoms. The number of hydrogen-bond donors (Lipinski definition) is 0. The monoisotopic (exact) mass is 352 g/mol. The highest BCUT2D eigenvalue weighted by Gasteiger charge is 2.54. The zero-order valence-corrected chi connectivity index (χ0v) is 10.1. The first-order chi connectivity index (χ1) is 7.15. The first-order valence-electron chi connectivity index (χ1n) is 4.31. The molecule has 0 radical (unpaired) electrons. The molecule has 8 heteroatoms. The van der Waals surface area contributed by atoms with Crippen molar-refractivity contribution in [2.75, 3.05) is 0 Å². The summed E-state index contributed by atoms with van der Waals surface area (Å²) in [6.07, 6.45) is -4.98. The molecule has 0 N–H and O–H groups in total. The highest BCUT2D eigenvalue weighted by molar-refractivity contribution is 14.1. The fourth-order valence-corrected chi connectivity index (χ4v) is 2.60.